The van der Waals surface area contributed by atoms with Crippen molar-refractivity contribution < 1.29 is 4.39 Å². The van der Waals surface area contributed by atoms with E-state index in [1.165, 1.54) is 6.07 Å². The van der Waals surface area contributed by atoms with Crippen LogP contribution in [0.25, 0.3) is 5.69 Å². The summed E-state index contributed by atoms with van der Waals surface area (Å²) in [5, 5.41) is 4.32. The zero-order valence-electron chi connectivity index (χ0n) is 10.4. The first-order valence-electron chi connectivity index (χ1n) is 6.25. The highest BCUT2D eigenvalue weighted by molar-refractivity contribution is 5.40. The van der Waals surface area contributed by atoms with Crippen LogP contribution in [0, 0.1) is 12.7 Å². The third-order valence-corrected chi connectivity index (χ3v) is 3.56. The van der Waals surface area contributed by atoms with Gasteiger partial charge >= 0.3 is 0 Å². The van der Waals surface area contributed by atoms with E-state index in [4.69, 9.17) is 5.73 Å². The second-order valence-electron chi connectivity index (χ2n) is 4.91. The summed E-state index contributed by atoms with van der Waals surface area (Å²) in [6, 6.07) is 5.11. The van der Waals surface area contributed by atoms with E-state index in [2.05, 4.69) is 5.10 Å². The molecular weight excluding hydrogens is 229 g/mol. The Labute approximate surface area is 105 Å². The number of aryl methyl sites for hydroxylation is 1. The van der Waals surface area contributed by atoms with Crippen LogP contribution >= 0.6 is 0 Å². The number of hydrogen-bond acceptors (Lipinski definition) is 2. The second kappa shape index (κ2) is 4.21. The van der Waals surface area contributed by atoms with Gasteiger partial charge in [0.1, 0.15) is 11.5 Å². The number of nitrogens with zero attached hydrogens (tertiary/aromatic N) is 2. The zero-order chi connectivity index (χ0) is 12.7. The SMILES string of the molecule is Cc1ccc(F)c(-n2ncc3c2CCC[C@@H]3N)c1. The Balaban J connectivity index is 2.15. The minimum Gasteiger partial charge on any atom is -0.324 e. The molecule has 0 aliphatic heterocycles. The van der Waals surface area contributed by atoms with Gasteiger partial charge in [0.05, 0.1) is 6.20 Å². The molecule has 4 heteroatoms. The lowest BCUT2D eigenvalue weighted by atomic mass is 9.94. The Hall–Kier alpha value is -1.68. The van der Waals surface area contributed by atoms with Crippen LogP contribution in [0.2, 0.25) is 0 Å². The number of halogens is 1. The van der Waals surface area contributed by atoms with Crippen LogP contribution in [0.15, 0.2) is 24.4 Å². The smallest absolute Gasteiger partial charge is 0.148 e. The molecule has 94 valence electrons. The van der Waals surface area contributed by atoms with Crippen molar-refractivity contribution in [2.24, 2.45) is 5.73 Å². The predicted octanol–water partition coefficient (Wildman–Crippen LogP) is 2.66. The first-order valence-corrected chi connectivity index (χ1v) is 6.25. The molecule has 1 aliphatic rings. The number of rotatable bonds is 1. The van der Waals surface area contributed by atoms with Crippen molar-refractivity contribution in [2.45, 2.75) is 32.2 Å². The summed E-state index contributed by atoms with van der Waals surface area (Å²) in [7, 11) is 0. The van der Waals surface area contributed by atoms with Gasteiger partial charge in [0.25, 0.3) is 0 Å². The molecule has 1 atom stereocenters. The lowest BCUT2D eigenvalue weighted by molar-refractivity contribution is 0.551. The topological polar surface area (TPSA) is 43.8 Å². The number of aromatic nitrogens is 2. The molecule has 3 nitrogen and oxygen atoms in total. The summed E-state index contributed by atoms with van der Waals surface area (Å²) in [6.45, 7) is 1.95. The second-order valence-corrected chi connectivity index (χ2v) is 4.91. The molecule has 3 rings (SSSR count). The summed E-state index contributed by atoms with van der Waals surface area (Å²) < 4.78 is 15.6. The van der Waals surface area contributed by atoms with Crippen LogP contribution in [0.4, 0.5) is 4.39 Å². The maximum absolute atomic E-state index is 13.9. The standard InChI is InChI=1S/C14H16FN3/c1-9-5-6-11(15)14(7-9)18-13-4-2-3-12(16)10(13)8-17-18/h5-8,12H,2-4,16H2,1H3/t12-/m0/s1. The average molecular weight is 245 g/mol. The van der Waals surface area contributed by atoms with Crippen molar-refractivity contribution in [1.29, 1.82) is 0 Å². The average Bonchev–Trinajstić information content (AvgIpc) is 2.77. The lowest BCUT2D eigenvalue weighted by Gasteiger charge is -2.19. The Bertz CT molecular complexity index is 589. The van der Waals surface area contributed by atoms with Crippen molar-refractivity contribution in [3.8, 4) is 5.69 Å². The fourth-order valence-electron chi connectivity index (χ4n) is 2.58. The molecule has 1 aromatic heterocycles. The summed E-state index contributed by atoms with van der Waals surface area (Å²) in [6.07, 6.45) is 4.71. The molecule has 1 aromatic carbocycles. The van der Waals surface area contributed by atoms with Crippen molar-refractivity contribution in [1.82, 2.24) is 9.78 Å². The molecule has 0 unspecified atom stereocenters. The van der Waals surface area contributed by atoms with Gasteiger partial charge in [-0.15, -0.1) is 0 Å². The molecule has 1 aliphatic carbocycles. The molecule has 18 heavy (non-hydrogen) atoms. The minimum atomic E-state index is -0.245. The zero-order valence-corrected chi connectivity index (χ0v) is 10.4. The molecule has 0 radical (unpaired) electrons. The third-order valence-electron chi connectivity index (χ3n) is 3.56. The Morgan fingerprint density at radius 3 is 3.11 bits per heavy atom. The maximum Gasteiger partial charge on any atom is 0.148 e. The van der Waals surface area contributed by atoms with Crippen LogP contribution in [-0.4, -0.2) is 9.78 Å². The van der Waals surface area contributed by atoms with Gasteiger partial charge in [-0.2, -0.15) is 5.10 Å². The quantitative estimate of drug-likeness (QED) is 0.839. The van der Waals surface area contributed by atoms with Crippen LogP contribution in [-0.2, 0) is 6.42 Å². The van der Waals surface area contributed by atoms with Crippen LogP contribution < -0.4 is 5.73 Å². The van der Waals surface area contributed by atoms with Gasteiger partial charge in [0.2, 0.25) is 0 Å². The monoisotopic (exact) mass is 245 g/mol. The summed E-state index contributed by atoms with van der Waals surface area (Å²) in [5.74, 6) is -0.245. The van der Waals surface area contributed by atoms with E-state index >= 15 is 0 Å². The largest absolute Gasteiger partial charge is 0.324 e. The van der Waals surface area contributed by atoms with E-state index in [1.807, 2.05) is 13.0 Å². The molecule has 0 saturated carbocycles. The summed E-state index contributed by atoms with van der Waals surface area (Å²) in [4.78, 5) is 0. The van der Waals surface area contributed by atoms with Gasteiger partial charge in [0.15, 0.2) is 0 Å². The molecule has 1 heterocycles. The fraction of sp³-hybridized carbons (Fsp3) is 0.357. The third kappa shape index (κ3) is 1.73. The number of benzene rings is 1. The van der Waals surface area contributed by atoms with E-state index in [1.54, 1.807) is 16.9 Å². The molecule has 0 spiro atoms. The van der Waals surface area contributed by atoms with E-state index in [-0.39, 0.29) is 11.9 Å². The van der Waals surface area contributed by atoms with Gasteiger partial charge in [-0.1, -0.05) is 6.07 Å². The normalized spacial score (nSPS) is 18.7. The van der Waals surface area contributed by atoms with E-state index in [9.17, 15) is 4.39 Å². The first kappa shape index (κ1) is 11.4. The molecule has 2 N–H and O–H groups in total. The number of nitrogens with two attached hydrogens (primary N) is 1. The molecular formula is C14H16FN3. The van der Waals surface area contributed by atoms with Crippen molar-refractivity contribution in [2.75, 3.05) is 0 Å². The summed E-state index contributed by atoms with van der Waals surface area (Å²) in [5.41, 5.74) is 9.71. The first-order chi connectivity index (χ1) is 8.66. The van der Waals surface area contributed by atoms with Crippen LogP contribution in [0.1, 0.15) is 35.7 Å². The van der Waals surface area contributed by atoms with Crippen LogP contribution in [0.3, 0.4) is 0 Å². The van der Waals surface area contributed by atoms with Gasteiger partial charge < -0.3 is 5.73 Å². The number of hydrogen-bond donors (Lipinski definition) is 1. The van der Waals surface area contributed by atoms with Gasteiger partial charge in [-0.3, -0.25) is 0 Å². The Morgan fingerprint density at radius 1 is 1.44 bits per heavy atom. The van der Waals surface area contributed by atoms with Crippen molar-refractivity contribution >= 4 is 0 Å². The molecule has 0 bridgehead atoms. The van der Waals surface area contributed by atoms with E-state index < -0.39 is 0 Å². The van der Waals surface area contributed by atoms with Gasteiger partial charge in [0, 0.05) is 17.3 Å². The Morgan fingerprint density at radius 2 is 2.28 bits per heavy atom. The highest BCUT2D eigenvalue weighted by atomic mass is 19.1. The molecule has 2 aromatic rings. The highest BCUT2D eigenvalue weighted by Crippen LogP contribution is 2.30. The van der Waals surface area contributed by atoms with Gasteiger partial charge in [-0.25, -0.2) is 9.07 Å². The predicted molar refractivity (Wildman–Crippen MR) is 68.1 cm³/mol. The summed E-state index contributed by atoms with van der Waals surface area (Å²) >= 11 is 0. The van der Waals surface area contributed by atoms with E-state index in [0.29, 0.717) is 5.69 Å². The lowest BCUT2D eigenvalue weighted by Crippen LogP contribution is -2.18. The van der Waals surface area contributed by atoms with E-state index in [0.717, 1.165) is 36.1 Å². The molecule has 0 saturated heterocycles. The van der Waals surface area contributed by atoms with Crippen molar-refractivity contribution in [3.63, 3.8) is 0 Å². The van der Waals surface area contributed by atoms with Gasteiger partial charge in [-0.05, 0) is 43.9 Å². The molecule has 0 fully saturated rings. The van der Waals surface area contributed by atoms with Crippen LogP contribution in [0.5, 0.6) is 0 Å². The van der Waals surface area contributed by atoms with Crippen molar-refractivity contribution in [3.05, 3.63) is 47.0 Å². The molecule has 0 amide bonds. The minimum absolute atomic E-state index is 0.0374. The fourth-order valence-corrected chi connectivity index (χ4v) is 2.58. The highest BCUT2D eigenvalue weighted by Gasteiger charge is 2.22. The number of fused-ring (bicyclic) bond motifs is 1. The Kier molecular flexibility index (Phi) is 2.67. The maximum atomic E-state index is 13.9.